The predicted octanol–water partition coefficient (Wildman–Crippen LogP) is 2.15. The number of piperidine rings is 1. The maximum absolute atomic E-state index is 12.7. The van der Waals surface area contributed by atoms with Crippen LogP contribution < -0.4 is 0 Å². The van der Waals surface area contributed by atoms with Crippen molar-refractivity contribution >= 4 is 17.7 Å². The molecular formula is C14H18FNO2S. The lowest BCUT2D eigenvalue weighted by Crippen LogP contribution is -2.40. The zero-order valence-electron chi connectivity index (χ0n) is 10.7. The van der Waals surface area contributed by atoms with E-state index >= 15 is 0 Å². The lowest BCUT2D eigenvalue weighted by Gasteiger charge is -2.31. The van der Waals surface area contributed by atoms with E-state index in [1.807, 2.05) is 4.90 Å². The Morgan fingerprint density at radius 3 is 2.53 bits per heavy atom. The molecule has 5 heteroatoms. The Balaban J connectivity index is 1.77. The van der Waals surface area contributed by atoms with Crippen molar-refractivity contribution in [2.45, 2.75) is 17.7 Å². The Morgan fingerprint density at radius 1 is 1.32 bits per heavy atom. The van der Waals surface area contributed by atoms with E-state index in [9.17, 15) is 9.18 Å². The molecule has 2 rings (SSSR count). The minimum Gasteiger partial charge on any atom is -0.396 e. The first-order valence-electron chi connectivity index (χ1n) is 6.46. The first-order chi connectivity index (χ1) is 9.19. The van der Waals surface area contributed by atoms with Gasteiger partial charge >= 0.3 is 0 Å². The second-order valence-electron chi connectivity index (χ2n) is 4.75. The zero-order valence-corrected chi connectivity index (χ0v) is 11.5. The van der Waals surface area contributed by atoms with E-state index in [0.29, 0.717) is 11.7 Å². The van der Waals surface area contributed by atoms with Crippen molar-refractivity contribution in [3.63, 3.8) is 0 Å². The highest BCUT2D eigenvalue weighted by atomic mass is 32.2. The van der Waals surface area contributed by atoms with E-state index in [1.54, 1.807) is 12.1 Å². The Hall–Kier alpha value is -1.07. The van der Waals surface area contributed by atoms with E-state index < -0.39 is 0 Å². The lowest BCUT2D eigenvalue weighted by molar-refractivity contribution is -0.129. The fourth-order valence-corrected chi connectivity index (χ4v) is 2.93. The van der Waals surface area contributed by atoms with Gasteiger partial charge in [-0.25, -0.2) is 4.39 Å². The number of nitrogens with zero attached hydrogens (tertiary/aromatic N) is 1. The number of hydrogen-bond donors (Lipinski definition) is 1. The Bertz CT molecular complexity index is 416. The van der Waals surface area contributed by atoms with Gasteiger partial charge in [0.25, 0.3) is 0 Å². The summed E-state index contributed by atoms with van der Waals surface area (Å²) < 4.78 is 12.7. The molecule has 1 aliphatic heterocycles. The molecule has 1 aromatic rings. The van der Waals surface area contributed by atoms with Gasteiger partial charge in [-0.05, 0) is 43.0 Å². The average molecular weight is 283 g/mol. The van der Waals surface area contributed by atoms with Crippen molar-refractivity contribution in [3.05, 3.63) is 30.1 Å². The summed E-state index contributed by atoms with van der Waals surface area (Å²) in [5.74, 6) is 0.580. The number of aliphatic hydroxyl groups is 1. The molecule has 1 aromatic carbocycles. The Labute approximate surface area is 116 Å². The summed E-state index contributed by atoms with van der Waals surface area (Å²) >= 11 is 1.43. The molecule has 0 saturated carbocycles. The van der Waals surface area contributed by atoms with Crippen LogP contribution in [-0.2, 0) is 4.79 Å². The summed E-state index contributed by atoms with van der Waals surface area (Å²) in [6.07, 6.45) is 1.76. The number of aliphatic hydroxyl groups excluding tert-OH is 1. The summed E-state index contributed by atoms with van der Waals surface area (Å²) in [7, 11) is 0. The van der Waals surface area contributed by atoms with Crippen molar-refractivity contribution in [2.75, 3.05) is 25.4 Å². The highest BCUT2D eigenvalue weighted by Crippen LogP contribution is 2.21. The van der Waals surface area contributed by atoms with Crippen LogP contribution >= 0.6 is 11.8 Å². The number of amides is 1. The number of carbonyl (C=O) groups excluding carboxylic acids is 1. The molecule has 1 amide bonds. The number of halogens is 1. The van der Waals surface area contributed by atoms with Crippen LogP contribution in [0.3, 0.4) is 0 Å². The highest BCUT2D eigenvalue weighted by molar-refractivity contribution is 8.00. The minimum atomic E-state index is -0.262. The molecule has 1 saturated heterocycles. The molecule has 1 N–H and O–H groups in total. The van der Waals surface area contributed by atoms with Crippen molar-refractivity contribution in [1.29, 1.82) is 0 Å². The third-order valence-corrected chi connectivity index (χ3v) is 4.40. The maximum Gasteiger partial charge on any atom is 0.232 e. The summed E-state index contributed by atoms with van der Waals surface area (Å²) in [4.78, 5) is 14.8. The van der Waals surface area contributed by atoms with Crippen molar-refractivity contribution in [1.82, 2.24) is 4.90 Å². The largest absolute Gasteiger partial charge is 0.396 e. The summed E-state index contributed by atoms with van der Waals surface area (Å²) in [6.45, 7) is 1.68. The van der Waals surface area contributed by atoms with Crippen LogP contribution in [0.15, 0.2) is 29.2 Å². The number of carbonyl (C=O) groups is 1. The first kappa shape index (κ1) is 14.3. The SMILES string of the molecule is O=C(CSc1ccc(F)cc1)N1CCC(CO)CC1. The Kier molecular flexibility index (Phi) is 5.22. The number of rotatable bonds is 4. The fraction of sp³-hybridized carbons (Fsp3) is 0.500. The molecule has 0 radical (unpaired) electrons. The normalized spacial score (nSPS) is 16.6. The van der Waals surface area contributed by atoms with Crippen molar-refractivity contribution in [2.24, 2.45) is 5.92 Å². The van der Waals surface area contributed by atoms with Gasteiger partial charge in [0, 0.05) is 24.6 Å². The molecule has 1 aliphatic rings. The van der Waals surface area contributed by atoms with Gasteiger partial charge in [0.2, 0.25) is 5.91 Å². The van der Waals surface area contributed by atoms with E-state index in [2.05, 4.69) is 0 Å². The topological polar surface area (TPSA) is 40.5 Å². The van der Waals surface area contributed by atoms with Gasteiger partial charge in [0.15, 0.2) is 0 Å². The average Bonchev–Trinajstić information content (AvgIpc) is 2.46. The quantitative estimate of drug-likeness (QED) is 0.861. The standard InChI is InChI=1S/C14H18FNO2S/c15-12-1-3-13(4-2-12)19-10-14(18)16-7-5-11(9-17)6-8-16/h1-4,11,17H,5-10H2. The molecule has 3 nitrogen and oxygen atoms in total. The van der Waals surface area contributed by atoms with Gasteiger partial charge in [-0.2, -0.15) is 0 Å². The second-order valence-corrected chi connectivity index (χ2v) is 5.80. The van der Waals surface area contributed by atoms with Gasteiger partial charge in [-0.3, -0.25) is 4.79 Å². The van der Waals surface area contributed by atoms with Crippen molar-refractivity contribution < 1.29 is 14.3 Å². The molecule has 19 heavy (non-hydrogen) atoms. The molecule has 0 aromatic heterocycles. The van der Waals surface area contributed by atoms with Crippen LogP contribution in [0.2, 0.25) is 0 Å². The zero-order chi connectivity index (χ0) is 13.7. The van der Waals surface area contributed by atoms with Gasteiger partial charge in [0.1, 0.15) is 5.82 Å². The van der Waals surface area contributed by atoms with Crippen LogP contribution in [0.25, 0.3) is 0 Å². The summed E-state index contributed by atoms with van der Waals surface area (Å²) in [6, 6.07) is 6.18. The minimum absolute atomic E-state index is 0.116. The number of hydrogen-bond acceptors (Lipinski definition) is 3. The van der Waals surface area contributed by atoms with Gasteiger partial charge in [0.05, 0.1) is 5.75 Å². The molecule has 0 bridgehead atoms. The highest BCUT2D eigenvalue weighted by Gasteiger charge is 2.21. The maximum atomic E-state index is 12.7. The number of likely N-dealkylation sites (tertiary alicyclic amines) is 1. The molecule has 0 unspecified atom stereocenters. The first-order valence-corrected chi connectivity index (χ1v) is 7.44. The molecular weight excluding hydrogens is 265 g/mol. The van der Waals surface area contributed by atoms with Crippen LogP contribution in [0, 0.1) is 11.7 Å². The van der Waals surface area contributed by atoms with Gasteiger partial charge in [-0.1, -0.05) is 0 Å². The van der Waals surface area contributed by atoms with Crippen LogP contribution in [0.5, 0.6) is 0 Å². The Morgan fingerprint density at radius 2 is 1.95 bits per heavy atom. The van der Waals surface area contributed by atoms with Crippen molar-refractivity contribution in [3.8, 4) is 0 Å². The molecule has 1 fully saturated rings. The van der Waals surface area contributed by atoms with E-state index in [0.717, 1.165) is 30.8 Å². The second kappa shape index (κ2) is 6.91. The number of thioether (sulfide) groups is 1. The molecule has 0 aliphatic carbocycles. The van der Waals surface area contributed by atoms with Gasteiger partial charge in [-0.15, -0.1) is 11.8 Å². The van der Waals surface area contributed by atoms with Gasteiger partial charge < -0.3 is 10.0 Å². The molecule has 1 heterocycles. The lowest BCUT2D eigenvalue weighted by atomic mass is 9.98. The number of benzene rings is 1. The van der Waals surface area contributed by atoms with Crippen LogP contribution in [0.1, 0.15) is 12.8 Å². The van der Waals surface area contributed by atoms with E-state index in [1.165, 1.54) is 23.9 Å². The molecule has 0 atom stereocenters. The molecule has 104 valence electrons. The van der Waals surface area contributed by atoms with E-state index in [-0.39, 0.29) is 18.3 Å². The van der Waals surface area contributed by atoms with Crippen LogP contribution in [0.4, 0.5) is 4.39 Å². The third-order valence-electron chi connectivity index (χ3n) is 3.40. The summed E-state index contributed by atoms with van der Waals surface area (Å²) in [5.41, 5.74) is 0. The monoisotopic (exact) mass is 283 g/mol. The summed E-state index contributed by atoms with van der Waals surface area (Å²) in [5, 5.41) is 9.05. The molecule has 0 spiro atoms. The smallest absolute Gasteiger partial charge is 0.232 e. The van der Waals surface area contributed by atoms with E-state index in [4.69, 9.17) is 5.11 Å². The van der Waals surface area contributed by atoms with Crippen LogP contribution in [-0.4, -0.2) is 41.4 Å². The predicted molar refractivity (Wildman–Crippen MR) is 73.5 cm³/mol. The third kappa shape index (κ3) is 4.21. The fourth-order valence-electron chi connectivity index (χ4n) is 2.13.